The number of amides is 1. The number of nitrogens with zero attached hydrogens (tertiary/aromatic N) is 4. The summed E-state index contributed by atoms with van der Waals surface area (Å²) in [6, 6.07) is 0. The minimum Gasteiger partial charge on any atom is -0.481 e. The van der Waals surface area contributed by atoms with E-state index >= 15 is 0 Å². The highest BCUT2D eigenvalue weighted by Gasteiger charge is 2.37. The number of carbonyl (C=O) groups is 2. The highest BCUT2D eigenvalue weighted by Crippen LogP contribution is 2.28. The van der Waals surface area contributed by atoms with Crippen molar-refractivity contribution < 1.29 is 14.7 Å². The second-order valence-corrected chi connectivity index (χ2v) is 7.01. The molecule has 7 nitrogen and oxygen atoms in total. The van der Waals surface area contributed by atoms with E-state index in [1.807, 2.05) is 41.9 Å². The van der Waals surface area contributed by atoms with Crippen molar-refractivity contribution in [3.8, 4) is 0 Å². The molecule has 0 saturated carbocycles. The van der Waals surface area contributed by atoms with Crippen LogP contribution >= 0.6 is 0 Å². The molecule has 1 aliphatic heterocycles. The van der Waals surface area contributed by atoms with E-state index in [1.165, 1.54) is 5.56 Å². The lowest BCUT2D eigenvalue weighted by Crippen LogP contribution is -2.51. The number of aromatic nitrogens is 2. The van der Waals surface area contributed by atoms with Gasteiger partial charge >= 0.3 is 5.97 Å². The third-order valence-electron chi connectivity index (χ3n) is 5.26. The van der Waals surface area contributed by atoms with Crippen molar-refractivity contribution in [3.63, 3.8) is 0 Å². The van der Waals surface area contributed by atoms with Gasteiger partial charge in [0.15, 0.2) is 0 Å². The van der Waals surface area contributed by atoms with Gasteiger partial charge in [-0.3, -0.25) is 19.2 Å². The Morgan fingerprint density at radius 1 is 1.16 bits per heavy atom. The van der Waals surface area contributed by atoms with Gasteiger partial charge in [0, 0.05) is 51.5 Å². The van der Waals surface area contributed by atoms with Gasteiger partial charge in [0.2, 0.25) is 5.91 Å². The van der Waals surface area contributed by atoms with E-state index in [0.29, 0.717) is 25.9 Å². The van der Waals surface area contributed by atoms with Crippen LogP contribution in [0.4, 0.5) is 0 Å². The van der Waals surface area contributed by atoms with Crippen LogP contribution in [-0.4, -0.2) is 62.7 Å². The molecule has 0 radical (unpaired) electrons. The number of aryl methyl sites for hydroxylation is 2. The molecule has 7 heteroatoms. The average molecular weight is 346 g/mol. The van der Waals surface area contributed by atoms with E-state index in [9.17, 15) is 14.7 Å². The second-order valence-electron chi connectivity index (χ2n) is 7.01. The number of rotatable bonds is 4. The zero-order valence-electron chi connectivity index (χ0n) is 14.9. The Morgan fingerprint density at radius 3 is 2.36 bits per heavy atom. The molecule has 1 aromatic rings. The first kappa shape index (κ1) is 17.7. The van der Waals surface area contributed by atoms with Gasteiger partial charge in [-0.2, -0.15) is 5.10 Å². The Kier molecular flexibility index (Phi) is 5.22. The van der Waals surface area contributed by atoms with Gasteiger partial charge in [-0.25, -0.2) is 0 Å². The van der Waals surface area contributed by atoms with E-state index in [2.05, 4.69) is 10.00 Å². The fourth-order valence-corrected chi connectivity index (χ4v) is 3.77. The molecule has 0 aromatic carbocycles. The van der Waals surface area contributed by atoms with Crippen molar-refractivity contribution in [1.82, 2.24) is 19.6 Å². The number of hydrogen-bond acceptors (Lipinski definition) is 4. The summed E-state index contributed by atoms with van der Waals surface area (Å²) in [5, 5.41) is 13.7. The van der Waals surface area contributed by atoms with Crippen molar-refractivity contribution in [1.29, 1.82) is 0 Å². The molecule has 3 rings (SSSR count). The summed E-state index contributed by atoms with van der Waals surface area (Å²) in [4.78, 5) is 28.4. The number of carboxylic acid groups (broad SMARTS) is 1. The summed E-state index contributed by atoms with van der Waals surface area (Å²) in [6.07, 6.45) is 6.83. The van der Waals surface area contributed by atoms with E-state index in [-0.39, 0.29) is 5.91 Å². The van der Waals surface area contributed by atoms with Crippen molar-refractivity contribution in [2.45, 2.75) is 26.3 Å². The smallest absolute Gasteiger partial charge is 0.307 e. The van der Waals surface area contributed by atoms with Crippen molar-refractivity contribution in [3.05, 3.63) is 29.6 Å². The molecule has 0 unspecified atom stereocenters. The second kappa shape index (κ2) is 7.39. The van der Waals surface area contributed by atoms with Crippen LogP contribution in [0.25, 0.3) is 0 Å². The summed E-state index contributed by atoms with van der Waals surface area (Å²) in [6.45, 7) is 5.78. The van der Waals surface area contributed by atoms with E-state index in [1.54, 1.807) is 0 Å². The molecule has 2 atom stereocenters. The van der Waals surface area contributed by atoms with Crippen molar-refractivity contribution >= 4 is 11.9 Å². The first-order chi connectivity index (χ1) is 12.0. The largest absolute Gasteiger partial charge is 0.481 e. The third kappa shape index (κ3) is 3.92. The zero-order valence-corrected chi connectivity index (χ0v) is 14.9. The zero-order chi connectivity index (χ0) is 18.0. The van der Waals surface area contributed by atoms with Gasteiger partial charge in [0.25, 0.3) is 0 Å². The van der Waals surface area contributed by atoms with Gasteiger partial charge in [-0.15, -0.1) is 0 Å². The highest BCUT2D eigenvalue weighted by molar-refractivity contribution is 5.85. The molecule has 25 heavy (non-hydrogen) atoms. The lowest BCUT2D eigenvalue weighted by Gasteiger charge is -2.37. The number of carboxylic acids is 1. The summed E-state index contributed by atoms with van der Waals surface area (Å²) in [5.41, 5.74) is 2.25. The van der Waals surface area contributed by atoms with Crippen molar-refractivity contribution in [2.24, 2.45) is 18.9 Å². The molecular weight excluding hydrogens is 320 g/mol. The molecule has 1 fully saturated rings. The molecular formula is C18H26N4O3. The Bertz CT molecular complexity index is 674. The number of allylic oxidation sites excluding steroid dienone is 2. The standard InChI is InChI=1S/C18H26N4O3/c1-13-14(11-20(2)19-13)12-21-7-9-22(10-8-21)17(23)15-5-3-4-6-16(15)18(24)25/h3-4,11,15-16H,5-10,12H2,1-2H3,(H,24,25)/t15-,16-/m1/s1. The Hall–Kier alpha value is -2.15. The van der Waals surface area contributed by atoms with Gasteiger partial charge in [0.1, 0.15) is 0 Å². The van der Waals surface area contributed by atoms with E-state index in [0.717, 1.165) is 25.3 Å². The molecule has 136 valence electrons. The van der Waals surface area contributed by atoms with Crippen LogP contribution in [0.15, 0.2) is 18.3 Å². The summed E-state index contributed by atoms with van der Waals surface area (Å²) in [5.74, 6) is -1.88. The maximum Gasteiger partial charge on any atom is 0.307 e. The quantitative estimate of drug-likeness (QED) is 0.824. The third-order valence-corrected chi connectivity index (χ3v) is 5.26. The van der Waals surface area contributed by atoms with Crippen molar-refractivity contribution in [2.75, 3.05) is 26.2 Å². The Balaban J connectivity index is 1.56. The van der Waals surface area contributed by atoms with Gasteiger partial charge < -0.3 is 10.0 Å². The van der Waals surface area contributed by atoms with Crippen LogP contribution < -0.4 is 0 Å². The number of hydrogen-bond donors (Lipinski definition) is 1. The highest BCUT2D eigenvalue weighted by atomic mass is 16.4. The minimum atomic E-state index is -0.867. The SMILES string of the molecule is Cc1nn(C)cc1CN1CCN(C(=O)[C@@H]2CC=CC[C@H]2C(=O)O)CC1. The maximum absolute atomic E-state index is 12.8. The van der Waals surface area contributed by atoms with Crippen LogP contribution in [-0.2, 0) is 23.2 Å². The molecule has 1 saturated heterocycles. The lowest BCUT2D eigenvalue weighted by molar-refractivity contribution is -0.151. The van der Waals surface area contributed by atoms with Crippen LogP contribution in [0.5, 0.6) is 0 Å². The summed E-state index contributed by atoms with van der Waals surface area (Å²) in [7, 11) is 1.92. The Morgan fingerprint density at radius 2 is 1.80 bits per heavy atom. The monoisotopic (exact) mass is 346 g/mol. The fourth-order valence-electron chi connectivity index (χ4n) is 3.77. The Labute approximate surface area is 147 Å². The van der Waals surface area contributed by atoms with Crippen LogP contribution in [0, 0.1) is 18.8 Å². The summed E-state index contributed by atoms with van der Waals surface area (Å²) < 4.78 is 1.83. The predicted octanol–water partition coefficient (Wildman–Crippen LogP) is 1.04. The minimum absolute atomic E-state index is 0.00559. The predicted molar refractivity (Wildman–Crippen MR) is 92.8 cm³/mol. The van der Waals surface area contributed by atoms with Gasteiger partial charge in [-0.05, 0) is 19.8 Å². The molecule has 0 bridgehead atoms. The topological polar surface area (TPSA) is 78.7 Å². The van der Waals surface area contributed by atoms with Crippen LogP contribution in [0.1, 0.15) is 24.1 Å². The van der Waals surface area contributed by atoms with Crippen LogP contribution in [0.3, 0.4) is 0 Å². The maximum atomic E-state index is 12.8. The molecule has 2 heterocycles. The molecule has 1 aromatic heterocycles. The molecule has 1 N–H and O–H groups in total. The fraction of sp³-hybridized carbons (Fsp3) is 0.611. The molecule has 1 aliphatic carbocycles. The van der Waals surface area contributed by atoms with Gasteiger partial charge in [0.05, 0.1) is 17.5 Å². The summed E-state index contributed by atoms with van der Waals surface area (Å²) >= 11 is 0. The number of piperazine rings is 1. The number of aliphatic carboxylic acids is 1. The molecule has 0 spiro atoms. The molecule has 1 amide bonds. The molecule has 2 aliphatic rings. The average Bonchev–Trinajstić information content (AvgIpc) is 2.92. The normalized spacial score (nSPS) is 24.5. The first-order valence-corrected chi connectivity index (χ1v) is 8.83. The first-order valence-electron chi connectivity index (χ1n) is 8.83. The van der Waals surface area contributed by atoms with E-state index in [4.69, 9.17) is 0 Å². The number of carbonyl (C=O) groups excluding carboxylic acids is 1. The lowest BCUT2D eigenvalue weighted by atomic mass is 9.82. The van der Waals surface area contributed by atoms with E-state index < -0.39 is 17.8 Å². The van der Waals surface area contributed by atoms with Gasteiger partial charge in [-0.1, -0.05) is 12.2 Å². The van der Waals surface area contributed by atoms with Crippen LogP contribution in [0.2, 0.25) is 0 Å².